The molecule has 2 heterocycles. The summed E-state index contributed by atoms with van der Waals surface area (Å²) in [6.45, 7) is 7.70. The number of rotatable bonds is 21. The van der Waals surface area contributed by atoms with Crippen LogP contribution in [0.25, 0.3) is 0 Å². The Balaban J connectivity index is 0.000000267. The number of alkyl halides is 4. The van der Waals surface area contributed by atoms with Gasteiger partial charge in [0, 0.05) is 79.8 Å². The lowest BCUT2D eigenvalue weighted by molar-refractivity contribution is 0.567. The molecule has 12 nitrogen and oxygen atoms in total. The third-order valence-electron chi connectivity index (χ3n) is 8.25. The fourth-order valence-corrected chi connectivity index (χ4v) is 6.52. The van der Waals surface area contributed by atoms with Gasteiger partial charge in [-0.15, -0.1) is 66.8 Å². The third kappa shape index (κ3) is 13.0. The Bertz CT molecular complexity index is 1470. The summed E-state index contributed by atoms with van der Waals surface area (Å²) in [6, 6.07) is 12.8. The molecule has 1 radical (unpaired) electrons. The second kappa shape index (κ2) is 22.7. The number of nitrogens with zero attached hydrogens (tertiary/aromatic N) is 8. The van der Waals surface area contributed by atoms with Crippen molar-refractivity contribution in [3.05, 3.63) is 70.3 Å². The van der Waals surface area contributed by atoms with E-state index in [1.54, 1.807) is 7.28 Å². The quantitative estimate of drug-likeness (QED) is 0.0463. The van der Waals surface area contributed by atoms with E-state index in [4.69, 9.17) is 52.1 Å². The number of aromatic nitrogens is 8. The minimum absolute atomic E-state index is 0.140. The van der Waals surface area contributed by atoms with Crippen molar-refractivity contribution in [2.45, 2.75) is 51.3 Å². The summed E-state index contributed by atoms with van der Waals surface area (Å²) in [7, 11) is 1.65. The molecule has 4 aromatic rings. The number of anilines is 2. The number of nitrogens with one attached hydrogen (secondary N) is 2. The van der Waals surface area contributed by atoms with Crippen molar-refractivity contribution in [3.63, 3.8) is 0 Å². The van der Waals surface area contributed by atoms with Crippen molar-refractivity contribution in [3.8, 4) is 0 Å². The zero-order valence-corrected chi connectivity index (χ0v) is 31.1. The molecule has 0 saturated carbocycles. The van der Waals surface area contributed by atoms with Gasteiger partial charge in [0.15, 0.2) is 18.9 Å². The summed E-state index contributed by atoms with van der Waals surface area (Å²) in [5.74, 6) is 3.88. The van der Waals surface area contributed by atoms with Crippen molar-refractivity contribution in [1.29, 1.82) is 0 Å². The second-order valence-electron chi connectivity index (χ2n) is 11.5. The van der Waals surface area contributed by atoms with Crippen LogP contribution in [-0.2, 0) is 17.6 Å². The molecule has 2 aromatic carbocycles. The normalized spacial score (nSPS) is 12.1. The number of nitrogens with two attached hydrogens (primary N) is 1. The van der Waals surface area contributed by atoms with Crippen LogP contribution in [-0.4, -0.2) is 111 Å². The smallest absolute Gasteiger partial charge is 0.197 e. The van der Waals surface area contributed by atoms with Crippen molar-refractivity contribution >= 4 is 71.2 Å². The van der Waals surface area contributed by atoms with E-state index in [1.165, 1.54) is 22.3 Å². The second-order valence-corrected chi connectivity index (χ2v) is 13.0. The third-order valence-corrected chi connectivity index (χ3v) is 8.93. The van der Waals surface area contributed by atoms with Crippen LogP contribution in [0.4, 0.5) is 11.4 Å². The van der Waals surface area contributed by atoms with Gasteiger partial charge in [0.1, 0.15) is 0 Å². The lowest BCUT2D eigenvalue weighted by Crippen LogP contribution is -2.28. The molecule has 2 aromatic heterocycles. The highest BCUT2D eigenvalue weighted by atomic mass is 35.5. The average Bonchev–Trinajstić information content (AvgIpc) is 3.83. The van der Waals surface area contributed by atoms with Crippen LogP contribution in [0.15, 0.2) is 36.4 Å². The van der Waals surface area contributed by atoms with Crippen LogP contribution in [0.5, 0.6) is 0 Å². The topological polar surface area (TPSA) is 158 Å². The standard InChI is InChI=1S/C17H23BCl2N5O.C15H22Cl2N6/c1-13-2-3-15(25(8-6-19)9-7-20)11-16(13)14(4-5-18-12-26)10-17-21-23-24-22-17;1-11-2-3-13(23(6-4-16)7-5-17)9-14(11)12(10-18)8-15-19-21-22-20-15/h2-3,11-12,14H,4-10H2,1H3,(H,21,22,23,24);2-3,9,12H,4-8,10,18H2,1H3,(H,19,20,21,22). The van der Waals surface area contributed by atoms with Gasteiger partial charge in [-0.05, 0) is 72.8 Å². The largest absolute Gasteiger partial charge is 0.369 e. The van der Waals surface area contributed by atoms with E-state index in [1.807, 2.05) is 0 Å². The first-order chi connectivity index (χ1) is 23.9. The summed E-state index contributed by atoms with van der Waals surface area (Å²) in [5, 5.41) is 28.5. The number of hydrogen-bond acceptors (Lipinski definition) is 10. The van der Waals surface area contributed by atoms with Crippen molar-refractivity contribution in [1.82, 2.24) is 41.2 Å². The Morgan fingerprint density at radius 3 is 1.59 bits per heavy atom. The number of aromatic amines is 2. The van der Waals surface area contributed by atoms with Crippen molar-refractivity contribution in [2.24, 2.45) is 5.73 Å². The summed E-state index contributed by atoms with van der Waals surface area (Å²) in [6.07, 6.45) is 3.71. The van der Waals surface area contributed by atoms with E-state index >= 15 is 0 Å². The first-order valence-electron chi connectivity index (χ1n) is 16.2. The molecular weight excluding hydrogens is 707 g/mol. The molecule has 0 fully saturated rings. The van der Waals surface area contributed by atoms with Crippen LogP contribution in [0, 0.1) is 13.8 Å². The van der Waals surface area contributed by atoms with Gasteiger partial charge >= 0.3 is 0 Å². The summed E-state index contributed by atoms with van der Waals surface area (Å²) >= 11 is 23.7. The van der Waals surface area contributed by atoms with Gasteiger partial charge in [-0.25, -0.2) is 0 Å². The fraction of sp³-hybridized carbons (Fsp3) is 0.531. The van der Waals surface area contributed by atoms with Gasteiger partial charge in [0.2, 0.25) is 0 Å². The van der Waals surface area contributed by atoms with Gasteiger partial charge < -0.3 is 20.3 Å². The lowest BCUT2D eigenvalue weighted by atomic mass is 9.72. The number of tetrazole rings is 2. The molecule has 0 aliphatic carbocycles. The first-order valence-corrected chi connectivity index (χ1v) is 18.4. The number of benzene rings is 2. The molecule has 265 valence electrons. The van der Waals surface area contributed by atoms with Gasteiger partial charge in [0.25, 0.3) is 0 Å². The summed E-state index contributed by atoms with van der Waals surface area (Å²) in [4.78, 5) is 15.0. The van der Waals surface area contributed by atoms with Gasteiger partial charge in [0.05, 0.1) is 6.19 Å². The Morgan fingerprint density at radius 1 is 0.755 bits per heavy atom. The fourth-order valence-electron chi connectivity index (χ4n) is 5.71. The van der Waals surface area contributed by atoms with Crippen LogP contribution >= 0.6 is 46.4 Å². The minimum Gasteiger partial charge on any atom is -0.369 e. The molecule has 0 aliphatic heterocycles. The molecule has 0 saturated heterocycles. The number of carbonyl (C=O) groups is 1. The molecule has 0 aliphatic rings. The Hall–Kier alpha value is -2.97. The molecule has 2 atom stereocenters. The highest BCUT2D eigenvalue weighted by Gasteiger charge is 2.20. The van der Waals surface area contributed by atoms with Crippen LogP contribution in [0.1, 0.15) is 52.2 Å². The maximum absolute atomic E-state index is 10.7. The molecule has 0 bridgehead atoms. The Morgan fingerprint density at radius 2 is 1.20 bits per heavy atom. The molecule has 4 N–H and O–H groups in total. The van der Waals surface area contributed by atoms with E-state index in [0.29, 0.717) is 60.9 Å². The molecular formula is C32H45BCl4N11O. The van der Waals surface area contributed by atoms with E-state index in [0.717, 1.165) is 50.2 Å². The van der Waals surface area contributed by atoms with Gasteiger partial charge in [-0.1, -0.05) is 35.3 Å². The minimum atomic E-state index is 0.140. The monoisotopic (exact) mass is 750 g/mol. The average molecular weight is 752 g/mol. The van der Waals surface area contributed by atoms with Crippen molar-refractivity contribution in [2.75, 3.05) is 66.0 Å². The number of hydrogen-bond donors (Lipinski definition) is 3. The SMILES string of the molecule is Cc1ccc(N(CCCl)CCCl)cc1C(CC[B]C=O)Cc1nn[nH]n1.Cc1ccc(N(CCCl)CCCl)cc1C(CN)Cc1nn[nH]n1. The summed E-state index contributed by atoms with van der Waals surface area (Å²) in [5.41, 5.74) is 13.0. The van der Waals surface area contributed by atoms with Gasteiger partial charge in [-0.2, -0.15) is 10.4 Å². The number of carbonyl (C=O) groups excluding carboxylic acids is 1. The lowest BCUT2D eigenvalue weighted by Gasteiger charge is -2.26. The predicted molar refractivity (Wildman–Crippen MR) is 202 cm³/mol. The van der Waals surface area contributed by atoms with Crippen LogP contribution in [0.2, 0.25) is 6.32 Å². The van der Waals surface area contributed by atoms with E-state index < -0.39 is 0 Å². The Kier molecular flexibility index (Phi) is 18.7. The maximum Gasteiger partial charge on any atom is 0.197 e. The molecule has 49 heavy (non-hydrogen) atoms. The highest BCUT2D eigenvalue weighted by Crippen LogP contribution is 2.31. The predicted octanol–water partition coefficient (Wildman–Crippen LogP) is 4.90. The van der Waals surface area contributed by atoms with Crippen LogP contribution in [0.3, 0.4) is 0 Å². The van der Waals surface area contributed by atoms with Crippen LogP contribution < -0.4 is 15.5 Å². The zero-order chi connectivity index (χ0) is 35.4. The molecule has 2 unspecified atom stereocenters. The number of H-pyrrole nitrogens is 2. The zero-order valence-electron chi connectivity index (χ0n) is 28.0. The first kappa shape index (κ1) is 40.5. The maximum atomic E-state index is 10.7. The highest BCUT2D eigenvalue weighted by molar-refractivity contribution is 6.66. The molecule has 0 spiro atoms. The van der Waals surface area contributed by atoms with Crippen molar-refractivity contribution < 1.29 is 4.79 Å². The molecule has 0 amide bonds. The van der Waals surface area contributed by atoms with Gasteiger partial charge in [-0.3, -0.25) is 0 Å². The van der Waals surface area contributed by atoms with E-state index in [9.17, 15) is 4.79 Å². The Labute approximate surface area is 309 Å². The summed E-state index contributed by atoms with van der Waals surface area (Å²) < 4.78 is 0. The number of aryl methyl sites for hydroxylation is 2. The van der Waals surface area contributed by atoms with E-state index in [2.05, 4.69) is 101 Å². The molecule has 17 heteroatoms. The molecule has 4 rings (SSSR count). The van der Waals surface area contributed by atoms with E-state index in [-0.39, 0.29) is 11.8 Å². The number of halogens is 4.